The fraction of sp³-hybridized carbons (Fsp3) is 0.167. The number of anilines is 1. The molecule has 158 valence electrons. The summed E-state index contributed by atoms with van der Waals surface area (Å²) in [5.74, 6) is 0.941. The fourth-order valence-electron chi connectivity index (χ4n) is 3.37. The third kappa shape index (κ3) is 5.39. The van der Waals surface area contributed by atoms with Gasteiger partial charge in [-0.2, -0.15) is 0 Å². The van der Waals surface area contributed by atoms with Crippen LogP contribution in [-0.4, -0.2) is 16.2 Å². The lowest BCUT2D eigenvalue weighted by atomic mass is 10.1. The molecule has 4 nitrogen and oxygen atoms in total. The van der Waals surface area contributed by atoms with Gasteiger partial charge in [0, 0.05) is 15.6 Å². The Balaban J connectivity index is 1.48. The molecule has 0 atom stereocenters. The van der Waals surface area contributed by atoms with E-state index < -0.39 is 0 Å². The SMILES string of the molecule is CCSc1ccc(CC(=O)Nc2ccc3c(c2)sc(=O)n3Cc2cccc(Cl)c2)cc1. The first kappa shape index (κ1) is 21.7. The van der Waals surface area contributed by atoms with Gasteiger partial charge in [0.25, 0.3) is 0 Å². The molecule has 4 aromatic rings. The number of carbonyl (C=O) groups is 1. The quantitative estimate of drug-likeness (QED) is 0.335. The number of fused-ring (bicyclic) bond motifs is 1. The molecule has 4 rings (SSSR count). The number of benzene rings is 3. The molecule has 0 unspecified atom stereocenters. The minimum atomic E-state index is -0.0825. The maximum Gasteiger partial charge on any atom is 0.308 e. The number of thioether (sulfide) groups is 1. The number of nitrogens with one attached hydrogen (secondary N) is 1. The highest BCUT2D eigenvalue weighted by molar-refractivity contribution is 7.99. The molecule has 0 aliphatic heterocycles. The van der Waals surface area contributed by atoms with Crippen LogP contribution in [-0.2, 0) is 17.8 Å². The van der Waals surface area contributed by atoms with Crippen LogP contribution in [0.5, 0.6) is 0 Å². The molecule has 1 amide bonds. The van der Waals surface area contributed by atoms with E-state index in [1.54, 1.807) is 16.3 Å². The second-order valence-electron chi connectivity index (χ2n) is 7.07. The van der Waals surface area contributed by atoms with Gasteiger partial charge in [0.05, 0.1) is 23.2 Å². The minimum Gasteiger partial charge on any atom is -0.326 e. The summed E-state index contributed by atoms with van der Waals surface area (Å²) in [6, 6.07) is 21.1. The van der Waals surface area contributed by atoms with Gasteiger partial charge in [-0.3, -0.25) is 14.2 Å². The molecule has 1 heterocycles. The number of rotatable bonds is 7. The van der Waals surface area contributed by atoms with Crippen molar-refractivity contribution in [2.45, 2.75) is 24.8 Å². The first-order chi connectivity index (χ1) is 15.0. The molecule has 7 heteroatoms. The number of hydrogen-bond donors (Lipinski definition) is 1. The lowest BCUT2D eigenvalue weighted by Gasteiger charge is -2.08. The van der Waals surface area contributed by atoms with E-state index in [1.807, 2.05) is 66.7 Å². The predicted molar refractivity (Wildman–Crippen MR) is 132 cm³/mol. The van der Waals surface area contributed by atoms with Crippen LogP contribution < -0.4 is 10.2 Å². The van der Waals surface area contributed by atoms with E-state index in [0.29, 0.717) is 23.7 Å². The molecule has 0 fully saturated rings. The summed E-state index contributed by atoms with van der Waals surface area (Å²) in [7, 11) is 0. The van der Waals surface area contributed by atoms with Gasteiger partial charge in [0.2, 0.25) is 5.91 Å². The van der Waals surface area contributed by atoms with Gasteiger partial charge in [0.15, 0.2) is 0 Å². The van der Waals surface area contributed by atoms with Gasteiger partial charge in [0.1, 0.15) is 0 Å². The van der Waals surface area contributed by atoms with Crippen molar-refractivity contribution in [1.29, 1.82) is 0 Å². The lowest BCUT2D eigenvalue weighted by Crippen LogP contribution is -2.14. The molecule has 1 N–H and O–H groups in total. The number of nitrogens with zero attached hydrogens (tertiary/aromatic N) is 1. The van der Waals surface area contributed by atoms with Crippen molar-refractivity contribution < 1.29 is 4.79 Å². The molecule has 0 saturated heterocycles. The van der Waals surface area contributed by atoms with Crippen molar-refractivity contribution in [3.05, 3.63) is 92.5 Å². The Bertz CT molecular complexity index is 1280. The van der Waals surface area contributed by atoms with E-state index in [0.717, 1.165) is 27.1 Å². The highest BCUT2D eigenvalue weighted by Gasteiger charge is 2.11. The smallest absolute Gasteiger partial charge is 0.308 e. The Morgan fingerprint density at radius 2 is 1.87 bits per heavy atom. The summed E-state index contributed by atoms with van der Waals surface area (Å²) in [6.45, 7) is 2.57. The van der Waals surface area contributed by atoms with Crippen LogP contribution in [0.1, 0.15) is 18.1 Å². The summed E-state index contributed by atoms with van der Waals surface area (Å²) in [5, 5.41) is 3.59. The van der Waals surface area contributed by atoms with Crippen molar-refractivity contribution in [1.82, 2.24) is 4.57 Å². The van der Waals surface area contributed by atoms with Gasteiger partial charge < -0.3 is 5.32 Å². The molecular weight excluding hydrogens is 448 g/mol. The van der Waals surface area contributed by atoms with Crippen molar-refractivity contribution in [3.8, 4) is 0 Å². The van der Waals surface area contributed by atoms with Crippen molar-refractivity contribution in [2.24, 2.45) is 0 Å². The summed E-state index contributed by atoms with van der Waals surface area (Å²) in [4.78, 5) is 26.2. The van der Waals surface area contributed by atoms with E-state index in [1.165, 1.54) is 16.2 Å². The van der Waals surface area contributed by atoms with Crippen molar-refractivity contribution in [3.63, 3.8) is 0 Å². The third-order valence-corrected chi connectivity index (χ3v) is 6.85. The lowest BCUT2D eigenvalue weighted by molar-refractivity contribution is -0.115. The molecule has 0 bridgehead atoms. The normalized spacial score (nSPS) is 11.0. The first-order valence-electron chi connectivity index (χ1n) is 9.91. The second-order valence-corrected chi connectivity index (χ2v) is 9.84. The molecule has 0 aliphatic carbocycles. The van der Waals surface area contributed by atoms with Gasteiger partial charge in [-0.15, -0.1) is 11.8 Å². The van der Waals surface area contributed by atoms with Gasteiger partial charge >= 0.3 is 4.87 Å². The maximum absolute atomic E-state index is 12.5. The van der Waals surface area contributed by atoms with Crippen LogP contribution >= 0.6 is 34.7 Å². The zero-order valence-electron chi connectivity index (χ0n) is 16.9. The Kier molecular flexibility index (Phi) is 6.80. The molecule has 0 radical (unpaired) electrons. The van der Waals surface area contributed by atoms with Crippen LogP contribution in [0.15, 0.2) is 76.4 Å². The van der Waals surface area contributed by atoms with E-state index in [2.05, 4.69) is 12.2 Å². The van der Waals surface area contributed by atoms with Crippen molar-refractivity contribution in [2.75, 3.05) is 11.1 Å². The largest absolute Gasteiger partial charge is 0.326 e. The van der Waals surface area contributed by atoms with Crippen LogP contribution in [0.4, 0.5) is 5.69 Å². The van der Waals surface area contributed by atoms with Crippen LogP contribution in [0.25, 0.3) is 10.2 Å². The zero-order chi connectivity index (χ0) is 21.8. The highest BCUT2D eigenvalue weighted by atomic mass is 35.5. The van der Waals surface area contributed by atoms with Crippen LogP contribution in [0.2, 0.25) is 5.02 Å². The topological polar surface area (TPSA) is 51.1 Å². The van der Waals surface area contributed by atoms with E-state index >= 15 is 0 Å². The number of carbonyl (C=O) groups excluding carboxylic acids is 1. The van der Waals surface area contributed by atoms with Gasteiger partial charge in [-0.25, -0.2) is 0 Å². The van der Waals surface area contributed by atoms with E-state index in [-0.39, 0.29) is 10.8 Å². The first-order valence-corrected chi connectivity index (χ1v) is 12.1. The molecule has 0 saturated carbocycles. The fourth-order valence-corrected chi connectivity index (χ4v) is 5.18. The summed E-state index contributed by atoms with van der Waals surface area (Å²) >= 11 is 9.02. The summed E-state index contributed by atoms with van der Waals surface area (Å²) in [5.41, 5.74) is 3.47. The Morgan fingerprint density at radius 1 is 1.06 bits per heavy atom. The molecule has 1 aromatic heterocycles. The summed E-state index contributed by atoms with van der Waals surface area (Å²) in [6.07, 6.45) is 0.307. The maximum atomic E-state index is 12.5. The van der Waals surface area contributed by atoms with Crippen LogP contribution in [0, 0.1) is 0 Å². The summed E-state index contributed by atoms with van der Waals surface area (Å²) < 4.78 is 2.57. The van der Waals surface area contributed by atoms with Gasteiger partial charge in [-0.1, -0.05) is 54.1 Å². The van der Waals surface area contributed by atoms with E-state index in [4.69, 9.17) is 11.6 Å². The minimum absolute atomic E-state index is 0.0384. The molecule has 0 spiro atoms. The third-order valence-electron chi connectivity index (χ3n) is 4.78. The standard InChI is InChI=1S/C24H21ClN2O2S2/c1-2-30-20-9-6-16(7-10-20)13-23(28)26-19-8-11-21-22(14-19)31-24(29)27(21)15-17-4-3-5-18(25)12-17/h3-12,14H,2,13,15H2,1H3,(H,26,28). The van der Waals surface area contributed by atoms with E-state index in [9.17, 15) is 9.59 Å². The molecular formula is C24H21ClN2O2S2. The Morgan fingerprint density at radius 3 is 2.61 bits per heavy atom. The number of thiazole rings is 1. The average molecular weight is 469 g/mol. The van der Waals surface area contributed by atoms with Crippen LogP contribution in [0.3, 0.4) is 0 Å². The number of amides is 1. The Hall–Kier alpha value is -2.54. The molecule has 0 aliphatic rings. The number of halogens is 1. The molecule has 31 heavy (non-hydrogen) atoms. The molecule has 3 aromatic carbocycles. The number of hydrogen-bond acceptors (Lipinski definition) is 4. The number of aromatic nitrogens is 1. The monoisotopic (exact) mass is 468 g/mol. The van der Waals surface area contributed by atoms with Gasteiger partial charge in [-0.05, 0) is 59.3 Å². The Labute approximate surface area is 193 Å². The predicted octanol–water partition coefficient (Wildman–Crippen LogP) is 6.06. The zero-order valence-corrected chi connectivity index (χ0v) is 19.3. The van der Waals surface area contributed by atoms with Crippen molar-refractivity contribution >= 4 is 56.5 Å². The average Bonchev–Trinajstić information content (AvgIpc) is 3.04. The highest BCUT2D eigenvalue weighted by Crippen LogP contribution is 2.24. The second kappa shape index (κ2) is 9.73.